The minimum absolute atomic E-state index is 0.0527. The molecule has 6 nitrogen and oxygen atoms in total. The molecule has 2 rings (SSSR count). The number of carbonyl (C=O) groups is 1. The fourth-order valence-electron chi connectivity index (χ4n) is 3.82. The van der Waals surface area contributed by atoms with Gasteiger partial charge in [0.2, 0.25) is 0 Å². The summed E-state index contributed by atoms with van der Waals surface area (Å²) in [6.07, 6.45) is 1.13. The van der Waals surface area contributed by atoms with E-state index in [4.69, 9.17) is 23.4 Å². The van der Waals surface area contributed by atoms with E-state index in [0.717, 1.165) is 6.08 Å². The van der Waals surface area contributed by atoms with Gasteiger partial charge in [0.05, 0.1) is 46.2 Å². The van der Waals surface area contributed by atoms with Crippen molar-refractivity contribution < 1.29 is 28.2 Å². The van der Waals surface area contributed by atoms with Crippen LogP contribution in [0.25, 0.3) is 0 Å². The van der Waals surface area contributed by atoms with E-state index in [9.17, 15) is 4.79 Å². The van der Waals surface area contributed by atoms with Crippen LogP contribution in [-0.2, 0) is 28.2 Å². The van der Waals surface area contributed by atoms with Crippen LogP contribution in [0.2, 0.25) is 5.04 Å². The normalized spacial score (nSPS) is 11.9. The van der Waals surface area contributed by atoms with Crippen molar-refractivity contribution in [1.82, 2.24) is 0 Å². The van der Waals surface area contributed by atoms with Crippen LogP contribution in [0.3, 0.4) is 0 Å². The van der Waals surface area contributed by atoms with E-state index in [2.05, 4.69) is 75.9 Å². The molecule has 0 N–H and O–H groups in total. The van der Waals surface area contributed by atoms with E-state index in [0.29, 0.717) is 46.2 Å². The Labute approximate surface area is 205 Å². The second-order valence-electron chi connectivity index (χ2n) is 8.72. The fourth-order valence-corrected chi connectivity index (χ4v) is 8.36. The van der Waals surface area contributed by atoms with E-state index < -0.39 is 14.3 Å². The topological polar surface area (TPSA) is 63.2 Å². The molecule has 0 amide bonds. The maximum atomic E-state index is 10.9. The third-order valence-corrected chi connectivity index (χ3v) is 10.4. The number of carbonyl (C=O) groups excluding carboxylic acids is 1. The molecule has 0 aromatic heterocycles. The Kier molecular flexibility index (Phi) is 12.2. The van der Waals surface area contributed by atoms with Gasteiger partial charge >= 0.3 is 5.97 Å². The molecule has 0 spiro atoms. The number of hydrogen-bond donors (Lipinski definition) is 0. The van der Waals surface area contributed by atoms with Crippen molar-refractivity contribution >= 4 is 24.7 Å². The Morgan fingerprint density at radius 2 is 1.15 bits per heavy atom. The van der Waals surface area contributed by atoms with E-state index in [-0.39, 0.29) is 11.6 Å². The first-order valence-electron chi connectivity index (χ1n) is 11.7. The molecule has 0 bridgehead atoms. The first-order valence-corrected chi connectivity index (χ1v) is 13.6. The summed E-state index contributed by atoms with van der Waals surface area (Å²) in [5.41, 5.74) is 0. The first-order chi connectivity index (χ1) is 16.4. The number of esters is 1. The highest BCUT2D eigenvalue weighted by molar-refractivity contribution is 6.99. The minimum atomic E-state index is -2.52. The van der Waals surface area contributed by atoms with Crippen molar-refractivity contribution in [3.63, 3.8) is 0 Å². The van der Waals surface area contributed by atoms with Crippen molar-refractivity contribution in [3.8, 4) is 0 Å². The molecule has 2 aromatic carbocycles. The summed E-state index contributed by atoms with van der Waals surface area (Å²) in [6, 6.07) is 21.2. The highest BCUT2D eigenvalue weighted by atomic mass is 28.4. The highest BCUT2D eigenvalue weighted by Gasteiger charge is 2.49. The zero-order chi connectivity index (χ0) is 24.7. The Hall–Kier alpha value is -2.29. The van der Waals surface area contributed by atoms with Gasteiger partial charge in [0.1, 0.15) is 6.61 Å². The van der Waals surface area contributed by atoms with Gasteiger partial charge < -0.3 is 23.4 Å². The number of benzene rings is 2. The summed E-state index contributed by atoms with van der Waals surface area (Å²) in [6.45, 7) is 13.5. The van der Waals surface area contributed by atoms with Crippen LogP contribution < -0.4 is 10.4 Å². The van der Waals surface area contributed by atoms with Crippen LogP contribution in [0, 0.1) is 0 Å². The quantitative estimate of drug-likeness (QED) is 0.157. The number of ether oxygens (including phenoxy) is 4. The van der Waals surface area contributed by atoms with Crippen LogP contribution in [0.1, 0.15) is 20.8 Å². The maximum Gasteiger partial charge on any atom is 0.330 e. The van der Waals surface area contributed by atoms with Crippen LogP contribution in [0.5, 0.6) is 0 Å². The summed E-state index contributed by atoms with van der Waals surface area (Å²) >= 11 is 0. The monoisotopic (exact) mass is 486 g/mol. The molecule has 0 aliphatic rings. The van der Waals surface area contributed by atoms with Gasteiger partial charge in [0.25, 0.3) is 8.32 Å². The molecule has 0 aliphatic carbocycles. The van der Waals surface area contributed by atoms with Crippen molar-refractivity contribution in [2.75, 3.05) is 52.9 Å². The van der Waals surface area contributed by atoms with Gasteiger partial charge in [-0.1, -0.05) is 88.0 Å². The molecular formula is C27H38O6Si. The Morgan fingerprint density at radius 3 is 1.56 bits per heavy atom. The van der Waals surface area contributed by atoms with E-state index in [1.807, 2.05) is 12.1 Å². The molecule has 2 aromatic rings. The summed E-state index contributed by atoms with van der Waals surface area (Å²) < 4.78 is 28.2. The average Bonchev–Trinajstić information content (AvgIpc) is 2.84. The largest absolute Gasteiger partial charge is 0.460 e. The second kappa shape index (κ2) is 14.9. The van der Waals surface area contributed by atoms with Gasteiger partial charge in [0, 0.05) is 6.08 Å². The molecule has 34 heavy (non-hydrogen) atoms. The van der Waals surface area contributed by atoms with Gasteiger partial charge in [-0.25, -0.2) is 4.79 Å². The van der Waals surface area contributed by atoms with Crippen molar-refractivity contribution in [2.45, 2.75) is 25.8 Å². The Balaban J connectivity index is 1.76. The zero-order valence-corrected chi connectivity index (χ0v) is 21.7. The summed E-state index contributed by atoms with van der Waals surface area (Å²) in [5, 5.41) is 2.47. The lowest BCUT2D eigenvalue weighted by Crippen LogP contribution is -2.66. The molecule has 0 saturated heterocycles. The predicted octanol–water partition coefficient (Wildman–Crippen LogP) is 3.34. The molecule has 7 heteroatoms. The SMILES string of the molecule is C=CC(=O)OCCOCCOCCOCCO[Si](c1ccccc1)(c1ccccc1)C(C)(C)C. The summed E-state index contributed by atoms with van der Waals surface area (Å²) in [4.78, 5) is 10.9. The van der Waals surface area contributed by atoms with Gasteiger partial charge in [-0.05, 0) is 15.4 Å². The molecule has 186 valence electrons. The smallest absolute Gasteiger partial charge is 0.330 e. The van der Waals surface area contributed by atoms with Crippen LogP contribution in [0.15, 0.2) is 73.3 Å². The van der Waals surface area contributed by atoms with Gasteiger partial charge in [-0.2, -0.15) is 0 Å². The third-order valence-electron chi connectivity index (χ3n) is 5.35. The predicted molar refractivity (Wildman–Crippen MR) is 137 cm³/mol. The fraction of sp³-hybridized carbons (Fsp3) is 0.444. The second-order valence-corrected chi connectivity index (χ2v) is 13.0. The molecule has 0 radical (unpaired) electrons. The summed E-state index contributed by atoms with van der Waals surface area (Å²) in [5.74, 6) is -0.448. The highest BCUT2D eigenvalue weighted by Crippen LogP contribution is 2.36. The zero-order valence-electron chi connectivity index (χ0n) is 20.7. The molecule has 0 fully saturated rings. The number of hydrogen-bond acceptors (Lipinski definition) is 6. The summed E-state index contributed by atoms with van der Waals surface area (Å²) in [7, 11) is -2.52. The lowest BCUT2D eigenvalue weighted by Gasteiger charge is -2.43. The molecule has 0 atom stereocenters. The Bertz CT molecular complexity index is 796. The molecule has 0 unspecified atom stereocenters. The van der Waals surface area contributed by atoms with E-state index >= 15 is 0 Å². The van der Waals surface area contributed by atoms with Crippen LogP contribution >= 0.6 is 0 Å². The minimum Gasteiger partial charge on any atom is -0.460 e. The van der Waals surface area contributed by atoms with E-state index in [1.54, 1.807) is 0 Å². The molecule has 0 saturated carbocycles. The molecule has 0 heterocycles. The molecule has 0 aliphatic heterocycles. The van der Waals surface area contributed by atoms with Crippen LogP contribution in [-0.4, -0.2) is 67.1 Å². The molecular weight excluding hydrogens is 448 g/mol. The number of rotatable bonds is 16. The Morgan fingerprint density at radius 1 is 0.735 bits per heavy atom. The lowest BCUT2D eigenvalue weighted by atomic mass is 10.2. The standard InChI is InChI=1S/C27H38O6Si/c1-5-26(28)32-22-20-30-18-16-29-17-19-31-21-23-33-34(27(2,3)4,24-12-8-6-9-13-24)25-14-10-7-11-15-25/h5-15H,1,16-23H2,2-4H3. The van der Waals surface area contributed by atoms with Gasteiger partial charge in [-0.3, -0.25) is 0 Å². The van der Waals surface area contributed by atoms with Crippen molar-refractivity contribution in [1.29, 1.82) is 0 Å². The lowest BCUT2D eigenvalue weighted by molar-refractivity contribution is -0.139. The van der Waals surface area contributed by atoms with E-state index in [1.165, 1.54) is 10.4 Å². The first kappa shape index (κ1) is 27.9. The van der Waals surface area contributed by atoms with Crippen LogP contribution in [0.4, 0.5) is 0 Å². The maximum absolute atomic E-state index is 10.9. The average molecular weight is 487 g/mol. The van der Waals surface area contributed by atoms with Gasteiger partial charge in [0.15, 0.2) is 0 Å². The van der Waals surface area contributed by atoms with Crippen molar-refractivity contribution in [3.05, 3.63) is 73.3 Å². The van der Waals surface area contributed by atoms with Crippen molar-refractivity contribution in [2.24, 2.45) is 0 Å². The third kappa shape index (κ3) is 8.49. The van der Waals surface area contributed by atoms with Gasteiger partial charge in [-0.15, -0.1) is 0 Å².